The zero-order valence-electron chi connectivity index (χ0n) is 21.7. The van der Waals surface area contributed by atoms with Gasteiger partial charge in [0, 0.05) is 24.6 Å². The molecule has 1 N–H and O–H groups in total. The first-order chi connectivity index (χ1) is 17.0. The summed E-state index contributed by atoms with van der Waals surface area (Å²) in [5.41, 5.74) is 2.94. The maximum atomic E-state index is 13.6. The molecule has 2 aromatic heterocycles. The zero-order chi connectivity index (χ0) is 24.5. The fraction of sp³-hybridized carbons (Fsp3) is 0.240. The molecule has 1 unspecified atom stereocenters. The number of fused-ring (bicyclic) bond motifs is 2. The first kappa shape index (κ1) is 26.0. The molecule has 0 amide bonds. The van der Waals surface area contributed by atoms with Gasteiger partial charge in [0.2, 0.25) is 0 Å². The number of aliphatic carboxylic acids is 1. The molecular formula is C25H24CaFN3O6. The molecule has 1 aliphatic heterocycles. The molecule has 0 aliphatic carbocycles. The molecule has 0 spiro atoms. The number of ether oxygens (including phenoxy) is 3. The third kappa shape index (κ3) is 5.07. The number of carboxylic acid groups (broad SMARTS) is 1. The molecule has 0 saturated heterocycles. The number of anilines is 1. The van der Waals surface area contributed by atoms with Gasteiger partial charge in [-0.15, -0.1) is 0 Å². The minimum atomic E-state index is -1.05. The molecule has 5 rings (SSSR count). The molecule has 9 nitrogen and oxygen atoms in total. The van der Waals surface area contributed by atoms with Gasteiger partial charge in [0.25, 0.3) is 6.01 Å². The van der Waals surface area contributed by atoms with Crippen molar-refractivity contribution < 1.29 is 35.8 Å². The second-order valence-electron chi connectivity index (χ2n) is 8.01. The largest absolute Gasteiger partial charge is 2.00 e. The van der Waals surface area contributed by atoms with Crippen molar-refractivity contribution in [2.45, 2.75) is 25.6 Å². The van der Waals surface area contributed by atoms with Gasteiger partial charge >= 0.3 is 43.7 Å². The molecule has 0 bridgehead atoms. The van der Waals surface area contributed by atoms with Crippen LogP contribution in [-0.2, 0) is 24.4 Å². The predicted octanol–water partition coefficient (Wildman–Crippen LogP) is 3.82. The van der Waals surface area contributed by atoms with Gasteiger partial charge in [-0.2, -0.15) is 4.98 Å². The minimum Gasteiger partial charge on any atom is -1.00 e. The second kappa shape index (κ2) is 10.9. The first-order valence-corrected chi connectivity index (χ1v) is 10.8. The van der Waals surface area contributed by atoms with Gasteiger partial charge < -0.3 is 31.5 Å². The van der Waals surface area contributed by atoms with Crippen LogP contribution in [0.1, 0.15) is 19.7 Å². The first-order valence-electron chi connectivity index (χ1n) is 10.8. The van der Waals surface area contributed by atoms with Gasteiger partial charge in [0.05, 0.1) is 26.1 Å². The van der Waals surface area contributed by atoms with Crippen molar-refractivity contribution in [2.75, 3.05) is 19.1 Å². The van der Waals surface area contributed by atoms with Crippen LogP contribution in [0.2, 0.25) is 0 Å². The van der Waals surface area contributed by atoms with Crippen LogP contribution >= 0.6 is 0 Å². The SMILES string of the molecule is COc1ccc(COc2c(OC)ccc3c2CC(C(=O)O)N(c2nc4ccc(F)cc4o2)C3)nc1.[Ca+2].[H-].[H-]. The van der Waals surface area contributed by atoms with Crippen molar-refractivity contribution in [2.24, 2.45) is 0 Å². The monoisotopic (exact) mass is 521 g/mol. The minimum absolute atomic E-state index is 0. The van der Waals surface area contributed by atoms with E-state index in [0.29, 0.717) is 28.5 Å². The third-order valence-electron chi connectivity index (χ3n) is 5.92. The van der Waals surface area contributed by atoms with Crippen molar-refractivity contribution in [1.29, 1.82) is 0 Å². The number of aromatic nitrogens is 2. The predicted molar refractivity (Wildman–Crippen MR) is 131 cm³/mol. The van der Waals surface area contributed by atoms with Gasteiger partial charge in [-0.3, -0.25) is 4.98 Å². The summed E-state index contributed by atoms with van der Waals surface area (Å²) >= 11 is 0. The van der Waals surface area contributed by atoms with Crippen LogP contribution in [0.5, 0.6) is 17.2 Å². The van der Waals surface area contributed by atoms with Crippen molar-refractivity contribution in [1.82, 2.24) is 9.97 Å². The van der Waals surface area contributed by atoms with Crippen LogP contribution in [0.3, 0.4) is 0 Å². The molecule has 4 aromatic rings. The molecular weight excluding hydrogens is 497 g/mol. The van der Waals surface area contributed by atoms with E-state index in [1.54, 1.807) is 36.4 Å². The molecule has 11 heteroatoms. The van der Waals surface area contributed by atoms with E-state index in [2.05, 4.69) is 9.97 Å². The normalized spacial score (nSPS) is 14.6. The fourth-order valence-corrected chi connectivity index (χ4v) is 4.13. The topological polar surface area (TPSA) is 107 Å². The Morgan fingerprint density at radius 1 is 1.22 bits per heavy atom. The van der Waals surface area contributed by atoms with Gasteiger partial charge in [-0.05, 0) is 35.9 Å². The number of methoxy groups -OCH3 is 2. The molecule has 184 valence electrons. The molecule has 1 atom stereocenters. The van der Waals surface area contributed by atoms with Crippen molar-refractivity contribution in [3.05, 3.63) is 71.3 Å². The standard InChI is InChI=1S/C25H22FN3O6.Ca.2H/c1-32-17-6-5-16(27-11-17)13-34-23-18-10-20(24(30)31)29(12-14(18)3-8-21(23)33-2)25-28-19-7-4-15(26)9-22(19)35-25;;;/h3-9,11,20H,10,12-13H2,1-2H3,(H,30,31);;;/q;+2;2*-1. The van der Waals surface area contributed by atoms with Crippen molar-refractivity contribution in [3.63, 3.8) is 0 Å². The van der Waals surface area contributed by atoms with Crippen molar-refractivity contribution >= 4 is 60.8 Å². The van der Waals surface area contributed by atoms with E-state index in [1.807, 2.05) is 6.07 Å². The Hall–Kier alpha value is -3.08. The van der Waals surface area contributed by atoms with Crippen molar-refractivity contribution in [3.8, 4) is 17.2 Å². The fourth-order valence-electron chi connectivity index (χ4n) is 4.13. The summed E-state index contributed by atoms with van der Waals surface area (Å²) in [7, 11) is 3.09. The third-order valence-corrected chi connectivity index (χ3v) is 5.92. The summed E-state index contributed by atoms with van der Waals surface area (Å²) < 4.78 is 36.1. The maximum absolute atomic E-state index is 13.6. The Labute approximate surface area is 238 Å². The Balaban J connectivity index is 0.00000169. The number of halogens is 1. The molecule has 3 heterocycles. The summed E-state index contributed by atoms with van der Waals surface area (Å²) in [4.78, 5) is 22.5. The van der Waals surface area contributed by atoms with E-state index in [9.17, 15) is 14.3 Å². The van der Waals surface area contributed by atoms with E-state index in [-0.39, 0.29) is 71.8 Å². The number of hydrogen-bond acceptors (Lipinski definition) is 8. The van der Waals surface area contributed by atoms with E-state index in [4.69, 9.17) is 18.6 Å². The van der Waals surface area contributed by atoms with Crippen LogP contribution in [0.4, 0.5) is 10.4 Å². The Morgan fingerprint density at radius 2 is 2.06 bits per heavy atom. The van der Waals surface area contributed by atoms with Gasteiger partial charge in [0.15, 0.2) is 17.1 Å². The van der Waals surface area contributed by atoms with Crippen LogP contribution in [0.25, 0.3) is 11.1 Å². The summed E-state index contributed by atoms with van der Waals surface area (Å²) in [6.07, 6.45) is 1.72. The Morgan fingerprint density at radius 3 is 2.75 bits per heavy atom. The molecule has 1 aliphatic rings. The van der Waals surface area contributed by atoms with E-state index >= 15 is 0 Å². The quantitative estimate of drug-likeness (QED) is 0.363. The van der Waals surface area contributed by atoms with E-state index < -0.39 is 17.8 Å². The molecule has 0 radical (unpaired) electrons. The Kier molecular flexibility index (Phi) is 7.87. The second-order valence-corrected chi connectivity index (χ2v) is 8.01. The van der Waals surface area contributed by atoms with Gasteiger partial charge in [-0.1, -0.05) is 6.07 Å². The number of rotatable bonds is 7. The average molecular weight is 522 g/mol. The van der Waals surface area contributed by atoms with Crippen LogP contribution in [-0.4, -0.2) is 79.0 Å². The summed E-state index contributed by atoms with van der Waals surface area (Å²) in [6.45, 7) is 0.373. The number of hydrogen-bond donors (Lipinski definition) is 1. The molecule has 36 heavy (non-hydrogen) atoms. The van der Waals surface area contributed by atoms with E-state index in [1.165, 1.54) is 25.3 Å². The van der Waals surface area contributed by atoms with Gasteiger partial charge in [-0.25, -0.2) is 9.18 Å². The van der Waals surface area contributed by atoms with E-state index in [0.717, 1.165) is 11.1 Å². The summed E-state index contributed by atoms with van der Waals surface area (Å²) in [5, 5.41) is 10.0. The number of oxazole rings is 1. The number of carboxylic acids is 1. The Bertz CT molecular complexity index is 1410. The van der Waals surface area contributed by atoms with Crippen LogP contribution in [0, 0.1) is 5.82 Å². The summed E-state index contributed by atoms with van der Waals surface area (Å²) in [6, 6.07) is 10.3. The van der Waals surface area contributed by atoms with Gasteiger partial charge in [0.1, 0.15) is 29.7 Å². The molecule has 0 saturated carbocycles. The van der Waals surface area contributed by atoms with Crippen LogP contribution < -0.4 is 19.1 Å². The number of carbonyl (C=O) groups is 1. The number of benzene rings is 2. The maximum Gasteiger partial charge on any atom is 2.00 e. The molecule has 2 aromatic carbocycles. The smallest absolute Gasteiger partial charge is 1.00 e. The molecule has 0 fully saturated rings. The number of pyridine rings is 1. The summed E-state index contributed by atoms with van der Waals surface area (Å²) in [5.74, 6) is 0.0870. The average Bonchev–Trinajstić information content (AvgIpc) is 3.29. The number of nitrogens with zero attached hydrogens (tertiary/aromatic N) is 3. The van der Waals surface area contributed by atoms with Crippen LogP contribution in [0.15, 0.2) is 53.1 Å². The zero-order valence-corrected chi connectivity index (χ0v) is 21.9.